The van der Waals surface area contributed by atoms with Gasteiger partial charge in [-0.05, 0) is 55.2 Å². The van der Waals surface area contributed by atoms with Gasteiger partial charge >= 0.3 is 6.03 Å². The fourth-order valence-electron chi connectivity index (χ4n) is 3.63. The molecule has 0 atom stereocenters. The number of amides is 2. The summed E-state index contributed by atoms with van der Waals surface area (Å²) in [6.07, 6.45) is 6.99. The van der Waals surface area contributed by atoms with E-state index in [1.807, 2.05) is 74.6 Å². The first-order valence-corrected chi connectivity index (χ1v) is 12.9. The first kappa shape index (κ1) is 28.3. The SMILES string of the molecule is CC(C)/C(=C\N1CC(=Nc2ccc(Oc3ccccc3)cc2)C(C#N)=CN1)NC(=O)NCCCCCCO. The lowest BCUT2D eigenvalue weighted by atomic mass is 10.1. The van der Waals surface area contributed by atoms with Crippen molar-refractivity contribution in [2.75, 3.05) is 19.7 Å². The van der Waals surface area contributed by atoms with Crippen LogP contribution < -0.4 is 20.8 Å². The molecule has 0 aromatic heterocycles. The number of nitrogens with zero attached hydrogens (tertiary/aromatic N) is 3. The van der Waals surface area contributed by atoms with E-state index in [1.54, 1.807) is 11.2 Å². The van der Waals surface area contributed by atoms with Gasteiger partial charge in [0.15, 0.2) is 0 Å². The quantitative estimate of drug-likeness (QED) is 0.290. The molecule has 4 N–H and O–H groups in total. The second-order valence-electron chi connectivity index (χ2n) is 9.15. The number of nitriles is 1. The van der Waals surface area contributed by atoms with Gasteiger partial charge in [0.2, 0.25) is 0 Å². The summed E-state index contributed by atoms with van der Waals surface area (Å²) in [5.74, 6) is 1.51. The Morgan fingerprint density at radius 3 is 2.53 bits per heavy atom. The Morgan fingerprint density at radius 2 is 1.84 bits per heavy atom. The first-order valence-electron chi connectivity index (χ1n) is 12.9. The normalized spacial score (nSPS) is 14.5. The van der Waals surface area contributed by atoms with E-state index in [1.165, 1.54) is 0 Å². The molecule has 0 saturated heterocycles. The number of hydrogen-bond donors (Lipinski definition) is 4. The molecule has 9 heteroatoms. The molecule has 0 radical (unpaired) electrons. The van der Waals surface area contributed by atoms with Gasteiger partial charge < -0.3 is 25.9 Å². The van der Waals surface area contributed by atoms with E-state index >= 15 is 0 Å². The third kappa shape index (κ3) is 9.30. The van der Waals surface area contributed by atoms with Crippen molar-refractivity contribution in [1.82, 2.24) is 21.1 Å². The molecular formula is C29H36N6O3. The van der Waals surface area contributed by atoms with Crippen molar-refractivity contribution in [3.8, 4) is 17.6 Å². The first-order chi connectivity index (χ1) is 18.5. The van der Waals surface area contributed by atoms with Crippen LogP contribution >= 0.6 is 0 Å². The maximum Gasteiger partial charge on any atom is 0.319 e. The smallest absolute Gasteiger partial charge is 0.319 e. The van der Waals surface area contributed by atoms with Crippen LogP contribution in [0.5, 0.6) is 11.5 Å². The summed E-state index contributed by atoms with van der Waals surface area (Å²) in [6.45, 7) is 5.11. The van der Waals surface area contributed by atoms with E-state index in [-0.39, 0.29) is 18.6 Å². The van der Waals surface area contributed by atoms with Gasteiger partial charge in [-0.3, -0.25) is 10.0 Å². The maximum absolute atomic E-state index is 12.4. The molecule has 3 rings (SSSR count). The molecule has 1 aliphatic rings. The number of aliphatic hydroxyl groups is 1. The molecule has 2 aromatic carbocycles. The Labute approximate surface area is 224 Å². The Hall–Kier alpha value is -4.29. The minimum absolute atomic E-state index is 0.0611. The molecule has 2 aromatic rings. The minimum atomic E-state index is -0.260. The number of unbranched alkanes of at least 4 members (excludes halogenated alkanes) is 3. The summed E-state index contributed by atoms with van der Waals surface area (Å²) in [7, 11) is 0. The van der Waals surface area contributed by atoms with Crippen molar-refractivity contribution < 1.29 is 14.6 Å². The van der Waals surface area contributed by atoms with Crippen molar-refractivity contribution in [1.29, 1.82) is 5.26 Å². The second-order valence-corrected chi connectivity index (χ2v) is 9.15. The van der Waals surface area contributed by atoms with Gasteiger partial charge in [-0.1, -0.05) is 44.9 Å². The van der Waals surface area contributed by atoms with Crippen LogP contribution in [-0.2, 0) is 0 Å². The van der Waals surface area contributed by atoms with Crippen LogP contribution in [0.15, 0.2) is 83.3 Å². The molecule has 0 aliphatic carbocycles. The molecule has 2 amide bonds. The molecular weight excluding hydrogens is 480 g/mol. The Bertz CT molecular complexity index is 1170. The molecule has 0 fully saturated rings. The number of carbonyl (C=O) groups excluding carboxylic acids is 1. The van der Waals surface area contributed by atoms with Crippen molar-refractivity contribution in [3.05, 3.63) is 78.3 Å². The van der Waals surface area contributed by atoms with Gasteiger partial charge in [-0.2, -0.15) is 5.26 Å². The highest BCUT2D eigenvalue weighted by Gasteiger charge is 2.18. The predicted octanol–water partition coefficient (Wildman–Crippen LogP) is 5.13. The lowest BCUT2D eigenvalue weighted by molar-refractivity contribution is 0.241. The van der Waals surface area contributed by atoms with Crippen molar-refractivity contribution >= 4 is 17.4 Å². The second kappa shape index (κ2) is 15.1. The summed E-state index contributed by atoms with van der Waals surface area (Å²) >= 11 is 0. The number of hydrazine groups is 1. The number of allylic oxidation sites excluding steroid dienone is 1. The molecule has 0 spiro atoms. The van der Waals surface area contributed by atoms with Gasteiger partial charge in [-0.25, -0.2) is 4.79 Å². The fraction of sp³-hybridized carbons (Fsp3) is 0.345. The number of nitrogens with one attached hydrogen (secondary N) is 3. The number of para-hydroxylation sites is 1. The van der Waals surface area contributed by atoms with E-state index < -0.39 is 0 Å². The molecule has 38 heavy (non-hydrogen) atoms. The average Bonchev–Trinajstić information content (AvgIpc) is 2.92. The zero-order valence-electron chi connectivity index (χ0n) is 22.0. The molecule has 9 nitrogen and oxygen atoms in total. The molecule has 0 bridgehead atoms. The van der Waals surface area contributed by atoms with Crippen LogP contribution in [0.25, 0.3) is 0 Å². The number of aliphatic hydroxyl groups excluding tert-OH is 1. The minimum Gasteiger partial charge on any atom is -0.457 e. The van der Waals surface area contributed by atoms with Gasteiger partial charge in [0.1, 0.15) is 17.6 Å². The van der Waals surface area contributed by atoms with Crippen LogP contribution in [0.1, 0.15) is 39.5 Å². The predicted molar refractivity (Wildman–Crippen MR) is 149 cm³/mol. The topological polar surface area (TPSA) is 122 Å². The number of carbonyl (C=O) groups is 1. The van der Waals surface area contributed by atoms with E-state index in [4.69, 9.17) is 14.8 Å². The highest BCUT2D eigenvalue weighted by molar-refractivity contribution is 6.06. The Morgan fingerprint density at radius 1 is 1.13 bits per heavy atom. The number of aliphatic imine (C=N–C) groups is 1. The average molecular weight is 517 g/mol. The van der Waals surface area contributed by atoms with Gasteiger partial charge in [0.25, 0.3) is 0 Å². The van der Waals surface area contributed by atoms with E-state index in [0.29, 0.717) is 35.8 Å². The standard InChI is InChI=1S/C29H36N6O3/c1-22(2)27(34-29(37)31-16-8-3-4-9-17-36)20-35-21-28(23(18-30)19-32-35)33-24-12-14-26(15-13-24)38-25-10-6-5-7-11-25/h5-7,10-15,19-20,22,32,36H,3-4,8-9,16-17,21H2,1-2H3,(H2,31,34,37)/b27-20+,33-28?. The van der Waals surface area contributed by atoms with Crippen molar-refractivity contribution in [3.63, 3.8) is 0 Å². The number of rotatable bonds is 12. The summed E-state index contributed by atoms with van der Waals surface area (Å²) < 4.78 is 5.84. The number of hydrogen-bond acceptors (Lipinski definition) is 7. The molecule has 1 aliphatic heterocycles. The Balaban J connectivity index is 1.63. The Kier molecular flexibility index (Phi) is 11.2. The highest BCUT2D eigenvalue weighted by Crippen LogP contribution is 2.24. The summed E-state index contributed by atoms with van der Waals surface area (Å²) in [6, 6.07) is 18.8. The number of ether oxygens (including phenoxy) is 1. The zero-order chi connectivity index (χ0) is 27.2. The highest BCUT2D eigenvalue weighted by atomic mass is 16.5. The lowest BCUT2D eigenvalue weighted by Gasteiger charge is -2.27. The summed E-state index contributed by atoms with van der Waals surface area (Å²) in [5.41, 5.74) is 5.56. The van der Waals surface area contributed by atoms with Crippen molar-refractivity contribution in [2.24, 2.45) is 10.9 Å². The third-order valence-corrected chi connectivity index (χ3v) is 5.75. The van der Waals surface area contributed by atoms with Crippen LogP contribution in [0.2, 0.25) is 0 Å². The number of urea groups is 1. The summed E-state index contributed by atoms with van der Waals surface area (Å²) in [5, 5.41) is 26.0. The van der Waals surface area contributed by atoms with Crippen LogP contribution in [0, 0.1) is 17.2 Å². The van der Waals surface area contributed by atoms with Crippen LogP contribution in [0.4, 0.5) is 10.5 Å². The largest absolute Gasteiger partial charge is 0.457 e. The van der Waals surface area contributed by atoms with E-state index in [9.17, 15) is 10.1 Å². The van der Waals surface area contributed by atoms with Crippen LogP contribution in [0.3, 0.4) is 0 Å². The maximum atomic E-state index is 12.4. The summed E-state index contributed by atoms with van der Waals surface area (Å²) in [4.78, 5) is 17.1. The van der Waals surface area contributed by atoms with E-state index in [2.05, 4.69) is 22.1 Å². The third-order valence-electron chi connectivity index (χ3n) is 5.75. The van der Waals surface area contributed by atoms with Gasteiger partial charge in [0, 0.05) is 31.2 Å². The monoisotopic (exact) mass is 516 g/mol. The van der Waals surface area contributed by atoms with Crippen LogP contribution in [-0.4, -0.2) is 41.6 Å². The number of benzene rings is 2. The zero-order valence-corrected chi connectivity index (χ0v) is 22.0. The fourth-order valence-corrected chi connectivity index (χ4v) is 3.63. The lowest BCUT2D eigenvalue weighted by Crippen LogP contribution is -2.42. The van der Waals surface area contributed by atoms with E-state index in [0.717, 1.165) is 37.1 Å². The van der Waals surface area contributed by atoms with Gasteiger partial charge in [-0.15, -0.1) is 0 Å². The molecule has 1 heterocycles. The van der Waals surface area contributed by atoms with Crippen molar-refractivity contribution in [2.45, 2.75) is 39.5 Å². The molecule has 0 saturated carbocycles. The molecule has 200 valence electrons. The molecule has 0 unspecified atom stereocenters. The van der Waals surface area contributed by atoms with Gasteiger partial charge in [0.05, 0.1) is 23.5 Å².